The van der Waals surface area contributed by atoms with E-state index in [1.54, 1.807) is 11.0 Å². The lowest BCUT2D eigenvalue weighted by Gasteiger charge is -2.37. The van der Waals surface area contributed by atoms with Gasteiger partial charge in [0.2, 0.25) is 0 Å². The van der Waals surface area contributed by atoms with Crippen molar-refractivity contribution in [2.45, 2.75) is 26.0 Å². The van der Waals surface area contributed by atoms with Gasteiger partial charge in [-0.2, -0.15) is 0 Å². The molecule has 0 spiro atoms. The molecule has 3 aromatic carbocycles. The monoisotopic (exact) mass is 405 g/mol. The van der Waals surface area contributed by atoms with Crippen LogP contribution in [0.5, 0.6) is 5.75 Å². The standard InChI is InChI=1S/C25H24FNO3/c1-2-29-23-13-12-20(26)16-22(23)24-21-11-7-6-10-19(21)14-15-27(24)25(28)30-17-18-8-4-3-5-9-18/h3-13,16,24H,2,14-15,17H2,1H3/t24-/m1/s1. The fourth-order valence-corrected chi connectivity index (χ4v) is 3.92. The summed E-state index contributed by atoms with van der Waals surface area (Å²) in [6.45, 7) is 3.00. The highest BCUT2D eigenvalue weighted by molar-refractivity contribution is 5.70. The molecule has 0 radical (unpaired) electrons. The number of halogens is 1. The maximum absolute atomic E-state index is 14.2. The summed E-state index contributed by atoms with van der Waals surface area (Å²) < 4.78 is 25.6. The molecule has 0 aliphatic carbocycles. The second-order valence-corrected chi connectivity index (χ2v) is 7.20. The van der Waals surface area contributed by atoms with Gasteiger partial charge in [-0.1, -0.05) is 54.6 Å². The zero-order valence-corrected chi connectivity index (χ0v) is 16.9. The van der Waals surface area contributed by atoms with Crippen molar-refractivity contribution in [3.05, 3.63) is 101 Å². The van der Waals surface area contributed by atoms with Crippen LogP contribution in [0.2, 0.25) is 0 Å². The van der Waals surface area contributed by atoms with E-state index in [0.717, 1.165) is 16.7 Å². The molecule has 4 nitrogen and oxygen atoms in total. The Balaban J connectivity index is 1.70. The molecule has 154 valence electrons. The lowest BCUT2D eigenvalue weighted by Crippen LogP contribution is -2.41. The molecule has 1 aliphatic rings. The van der Waals surface area contributed by atoms with Crippen molar-refractivity contribution in [2.24, 2.45) is 0 Å². The van der Waals surface area contributed by atoms with E-state index in [4.69, 9.17) is 9.47 Å². The second kappa shape index (κ2) is 8.99. The van der Waals surface area contributed by atoms with Crippen molar-refractivity contribution in [3.63, 3.8) is 0 Å². The molecule has 0 bridgehead atoms. The van der Waals surface area contributed by atoms with E-state index in [1.807, 2.05) is 55.5 Å². The third-order valence-corrected chi connectivity index (χ3v) is 5.29. The Morgan fingerprint density at radius 2 is 1.80 bits per heavy atom. The van der Waals surface area contributed by atoms with Crippen LogP contribution in [0, 0.1) is 5.82 Å². The van der Waals surface area contributed by atoms with Crippen LogP contribution in [-0.2, 0) is 17.8 Å². The van der Waals surface area contributed by atoms with Crippen molar-refractivity contribution in [1.29, 1.82) is 0 Å². The number of nitrogens with zero attached hydrogens (tertiary/aromatic N) is 1. The first-order valence-electron chi connectivity index (χ1n) is 10.1. The van der Waals surface area contributed by atoms with Gasteiger partial charge in [0.05, 0.1) is 12.6 Å². The summed E-state index contributed by atoms with van der Waals surface area (Å²) in [5.41, 5.74) is 3.65. The summed E-state index contributed by atoms with van der Waals surface area (Å²) in [6.07, 6.45) is 0.289. The predicted octanol–water partition coefficient (Wildman–Crippen LogP) is 5.51. The van der Waals surface area contributed by atoms with Crippen molar-refractivity contribution < 1.29 is 18.7 Å². The minimum Gasteiger partial charge on any atom is -0.493 e. The molecule has 1 aliphatic heterocycles. The van der Waals surface area contributed by atoms with Crippen LogP contribution in [0.25, 0.3) is 0 Å². The van der Waals surface area contributed by atoms with Crippen molar-refractivity contribution in [3.8, 4) is 5.75 Å². The molecule has 5 heteroatoms. The largest absolute Gasteiger partial charge is 0.493 e. The number of carbonyl (C=O) groups is 1. The molecular formula is C25H24FNO3. The van der Waals surface area contributed by atoms with Gasteiger partial charge in [-0.05, 0) is 48.2 Å². The van der Waals surface area contributed by atoms with E-state index >= 15 is 0 Å². The Bertz CT molecular complexity index is 1020. The molecule has 1 atom stereocenters. The highest BCUT2D eigenvalue weighted by atomic mass is 19.1. The number of hydrogen-bond acceptors (Lipinski definition) is 3. The number of amides is 1. The lowest BCUT2D eigenvalue weighted by atomic mass is 9.88. The first-order valence-corrected chi connectivity index (χ1v) is 10.1. The molecule has 4 rings (SSSR count). The fraction of sp³-hybridized carbons (Fsp3) is 0.240. The second-order valence-electron chi connectivity index (χ2n) is 7.20. The molecule has 0 aromatic heterocycles. The maximum atomic E-state index is 14.2. The quantitative estimate of drug-likeness (QED) is 0.562. The SMILES string of the molecule is CCOc1ccc(F)cc1[C@H]1c2ccccc2CCN1C(=O)OCc1ccccc1. The van der Waals surface area contributed by atoms with Crippen LogP contribution in [0.15, 0.2) is 72.8 Å². The normalized spacial score (nSPS) is 15.4. The van der Waals surface area contributed by atoms with Crippen molar-refractivity contribution in [2.75, 3.05) is 13.2 Å². The number of rotatable bonds is 5. The van der Waals surface area contributed by atoms with Gasteiger partial charge in [-0.3, -0.25) is 4.90 Å². The predicted molar refractivity (Wildman–Crippen MR) is 113 cm³/mol. The molecule has 1 amide bonds. The third kappa shape index (κ3) is 4.15. The molecule has 30 heavy (non-hydrogen) atoms. The Hall–Kier alpha value is -3.34. The van der Waals surface area contributed by atoms with Crippen LogP contribution in [0.1, 0.15) is 35.2 Å². The highest BCUT2D eigenvalue weighted by Crippen LogP contribution is 2.40. The Labute approximate surface area is 175 Å². The van der Waals surface area contributed by atoms with Gasteiger partial charge in [0.15, 0.2) is 0 Å². The lowest BCUT2D eigenvalue weighted by molar-refractivity contribution is 0.0831. The molecule has 1 heterocycles. The minimum absolute atomic E-state index is 0.187. The summed E-state index contributed by atoms with van der Waals surface area (Å²) in [5, 5.41) is 0. The van der Waals surface area contributed by atoms with Crippen LogP contribution in [-0.4, -0.2) is 24.1 Å². The maximum Gasteiger partial charge on any atom is 0.410 e. The molecule has 0 saturated carbocycles. The van der Waals surface area contributed by atoms with Crippen molar-refractivity contribution in [1.82, 2.24) is 4.90 Å². The molecule has 0 N–H and O–H groups in total. The Morgan fingerprint density at radius 3 is 2.60 bits per heavy atom. The van der Waals surface area contributed by atoms with Gasteiger partial charge in [0, 0.05) is 12.1 Å². The summed E-state index contributed by atoms with van der Waals surface area (Å²) >= 11 is 0. The van der Waals surface area contributed by atoms with E-state index in [9.17, 15) is 9.18 Å². The summed E-state index contributed by atoms with van der Waals surface area (Å²) in [4.78, 5) is 14.8. The molecule has 3 aromatic rings. The number of carbonyl (C=O) groups excluding carboxylic acids is 1. The van der Waals surface area contributed by atoms with E-state index in [1.165, 1.54) is 12.1 Å². The van der Waals surface area contributed by atoms with E-state index in [2.05, 4.69) is 6.07 Å². The van der Waals surface area contributed by atoms with Gasteiger partial charge in [0.25, 0.3) is 0 Å². The zero-order chi connectivity index (χ0) is 20.9. The number of hydrogen-bond donors (Lipinski definition) is 0. The first kappa shape index (κ1) is 20.0. The average Bonchev–Trinajstić information content (AvgIpc) is 2.79. The molecular weight excluding hydrogens is 381 g/mol. The number of ether oxygens (including phenoxy) is 2. The van der Waals surface area contributed by atoms with Crippen LogP contribution < -0.4 is 4.74 Å². The minimum atomic E-state index is -0.476. The van der Waals surface area contributed by atoms with Gasteiger partial charge in [0.1, 0.15) is 18.2 Å². The summed E-state index contributed by atoms with van der Waals surface area (Å²) in [5.74, 6) is 0.204. The third-order valence-electron chi connectivity index (χ3n) is 5.29. The smallest absolute Gasteiger partial charge is 0.410 e. The van der Waals surface area contributed by atoms with Crippen LogP contribution >= 0.6 is 0 Å². The van der Waals surface area contributed by atoms with Crippen molar-refractivity contribution >= 4 is 6.09 Å². The Morgan fingerprint density at radius 1 is 1.03 bits per heavy atom. The molecule has 0 saturated heterocycles. The average molecular weight is 405 g/mol. The van der Waals surface area contributed by atoms with E-state index < -0.39 is 12.1 Å². The molecule has 0 fully saturated rings. The summed E-state index contributed by atoms with van der Waals surface area (Å²) in [7, 11) is 0. The van der Waals surface area contributed by atoms with Gasteiger partial charge >= 0.3 is 6.09 Å². The molecule has 0 unspecified atom stereocenters. The van der Waals surface area contributed by atoms with Crippen LogP contribution in [0.4, 0.5) is 9.18 Å². The topological polar surface area (TPSA) is 38.8 Å². The number of benzene rings is 3. The summed E-state index contributed by atoms with van der Waals surface area (Å²) in [6, 6.07) is 21.5. The highest BCUT2D eigenvalue weighted by Gasteiger charge is 2.35. The first-order chi connectivity index (χ1) is 14.7. The zero-order valence-electron chi connectivity index (χ0n) is 16.9. The van der Waals surface area contributed by atoms with Gasteiger partial charge < -0.3 is 9.47 Å². The Kier molecular flexibility index (Phi) is 5.98. The van der Waals surface area contributed by atoms with Crippen LogP contribution in [0.3, 0.4) is 0 Å². The van der Waals surface area contributed by atoms with E-state index in [-0.39, 0.29) is 12.4 Å². The van der Waals surface area contributed by atoms with Gasteiger partial charge in [-0.15, -0.1) is 0 Å². The van der Waals surface area contributed by atoms with Gasteiger partial charge in [-0.25, -0.2) is 9.18 Å². The fourth-order valence-electron chi connectivity index (χ4n) is 3.92. The van der Waals surface area contributed by atoms with E-state index in [0.29, 0.717) is 30.9 Å². The number of fused-ring (bicyclic) bond motifs is 1.